The highest BCUT2D eigenvalue weighted by Crippen LogP contribution is 2.31. The third-order valence-electron chi connectivity index (χ3n) is 2.62. The molecule has 0 N–H and O–H groups in total. The van der Waals surface area contributed by atoms with Gasteiger partial charge in [-0.3, -0.25) is 4.79 Å². The topological polar surface area (TPSA) is 29.5 Å². The molecule has 3 nitrogen and oxygen atoms in total. The molecule has 3 atom stereocenters. The zero-order valence-corrected chi connectivity index (χ0v) is 6.91. The van der Waals surface area contributed by atoms with Gasteiger partial charge in [-0.15, -0.1) is 0 Å². The van der Waals surface area contributed by atoms with Crippen LogP contribution in [0.1, 0.15) is 20.3 Å². The summed E-state index contributed by atoms with van der Waals surface area (Å²) in [4.78, 5) is 13.3. The van der Waals surface area contributed by atoms with Gasteiger partial charge in [0.1, 0.15) is 6.23 Å². The van der Waals surface area contributed by atoms with Crippen molar-refractivity contribution in [1.82, 2.24) is 4.90 Å². The SMILES string of the molecule is C[C@H]1C[C@H]2CO[C@H](C)N2C1=O. The number of fused-ring (bicyclic) bond motifs is 1. The molecule has 62 valence electrons. The van der Waals surface area contributed by atoms with Crippen LogP contribution in [-0.4, -0.2) is 29.7 Å². The molecule has 0 bridgehead atoms. The molecule has 2 aliphatic rings. The summed E-state index contributed by atoms with van der Waals surface area (Å²) in [7, 11) is 0. The van der Waals surface area contributed by atoms with Crippen LogP contribution in [0, 0.1) is 5.92 Å². The second-order valence-corrected chi connectivity index (χ2v) is 3.47. The highest BCUT2D eigenvalue weighted by atomic mass is 16.5. The summed E-state index contributed by atoms with van der Waals surface area (Å²) in [6.07, 6.45) is 0.987. The molecule has 0 aromatic heterocycles. The number of amides is 1. The molecule has 2 rings (SSSR count). The van der Waals surface area contributed by atoms with E-state index in [4.69, 9.17) is 4.74 Å². The molecule has 2 heterocycles. The number of carbonyl (C=O) groups excluding carboxylic acids is 1. The number of hydrogen-bond donors (Lipinski definition) is 0. The van der Waals surface area contributed by atoms with Crippen LogP contribution >= 0.6 is 0 Å². The average molecular weight is 155 g/mol. The summed E-state index contributed by atoms with van der Waals surface area (Å²) in [5, 5.41) is 0. The Balaban J connectivity index is 2.20. The van der Waals surface area contributed by atoms with E-state index in [2.05, 4.69) is 0 Å². The van der Waals surface area contributed by atoms with E-state index in [0.717, 1.165) is 13.0 Å². The highest BCUT2D eigenvalue weighted by molar-refractivity contribution is 5.81. The van der Waals surface area contributed by atoms with Gasteiger partial charge in [0, 0.05) is 5.92 Å². The van der Waals surface area contributed by atoms with Crippen molar-refractivity contribution < 1.29 is 9.53 Å². The Morgan fingerprint density at radius 2 is 2.27 bits per heavy atom. The molecule has 0 aromatic carbocycles. The van der Waals surface area contributed by atoms with Gasteiger partial charge in [-0.25, -0.2) is 0 Å². The van der Waals surface area contributed by atoms with E-state index >= 15 is 0 Å². The fourth-order valence-electron chi connectivity index (χ4n) is 2.01. The van der Waals surface area contributed by atoms with Crippen LogP contribution in [0.2, 0.25) is 0 Å². The van der Waals surface area contributed by atoms with Gasteiger partial charge in [0.25, 0.3) is 0 Å². The van der Waals surface area contributed by atoms with Gasteiger partial charge in [-0.05, 0) is 13.3 Å². The standard InChI is InChI=1S/C8H13NO2/c1-5-3-7-4-11-6(2)9(7)8(5)10/h5-7H,3-4H2,1-2H3/t5-,6+,7-/m0/s1. The quantitative estimate of drug-likeness (QED) is 0.512. The van der Waals surface area contributed by atoms with E-state index in [0.29, 0.717) is 6.04 Å². The molecular formula is C8H13NO2. The van der Waals surface area contributed by atoms with E-state index in [9.17, 15) is 4.79 Å². The molecule has 1 amide bonds. The molecule has 0 saturated carbocycles. The first kappa shape index (κ1) is 7.10. The largest absolute Gasteiger partial charge is 0.356 e. The summed E-state index contributed by atoms with van der Waals surface area (Å²) < 4.78 is 5.34. The van der Waals surface area contributed by atoms with Gasteiger partial charge >= 0.3 is 0 Å². The molecule has 3 heteroatoms. The monoisotopic (exact) mass is 155 g/mol. The zero-order chi connectivity index (χ0) is 8.01. The van der Waals surface area contributed by atoms with Crippen molar-refractivity contribution in [2.75, 3.05) is 6.61 Å². The highest BCUT2D eigenvalue weighted by Gasteiger charge is 2.43. The van der Waals surface area contributed by atoms with Gasteiger partial charge in [0.15, 0.2) is 0 Å². The van der Waals surface area contributed by atoms with Gasteiger partial charge in [0.2, 0.25) is 5.91 Å². The maximum atomic E-state index is 11.4. The molecule has 2 saturated heterocycles. The van der Waals surface area contributed by atoms with Crippen molar-refractivity contribution in [1.29, 1.82) is 0 Å². The van der Waals surface area contributed by atoms with Crippen molar-refractivity contribution in [3.05, 3.63) is 0 Å². The molecule has 0 aromatic rings. The Morgan fingerprint density at radius 1 is 1.55 bits per heavy atom. The summed E-state index contributed by atoms with van der Waals surface area (Å²) >= 11 is 0. The minimum absolute atomic E-state index is 0.0115. The van der Waals surface area contributed by atoms with Crippen molar-refractivity contribution >= 4 is 5.91 Å². The molecule has 11 heavy (non-hydrogen) atoms. The smallest absolute Gasteiger partial charge is 0.227 e. The van der Waals surface area contributed by atoms with Crippen LogP contribution in [0.15, 0.2) is 0 Å². The van der Waals surface area contributed by atoms with Gasteiger partial charge in [0.05, 0.1) is 12.6 Å². The van der Waals surface area contributed by atoms with Crippen LogP contribution in [0.5, 0.6) is 0 Å². The lowest BCUT2D eigenvalue weighted by Gasteiger charge is -2.18. The first-order valence-electron chi connectivity index (χ1n) is 4.14. The maximum Gasteiger partial charge on any atom is 0.227 e. The summed E-state index contributed by atoms with van der Waals surface area (Å²) in [5.74, 6) is 0.478. The van der Waals surface area contributed by atoms with E-state index in [1.807, 2.05) is 18.7 Å². The molecule has 0 spiro atoms. The molecule has 0 radical (unpaired) electrons. The lowest BCUT2D eigenvalue weighted by molar-refractivity contribution is -0.135. The number of nitrogens with zero attached hydrogens (tertiary/aromatic N) is 1. The Hall–Kier alpha value is -0.570. The van der Waals surface area contributed by atoms with Crippen LogP contribution in [-0.2, 0) is 9.53 Å². The van der Waals surface area contributed by atoms with E-state index < -0.39 is 0 Å². The summed E-state index contributed by atoms with van der Waals surface area (Å²) in [6.45, 7) is 4.67. The first-order valence-corrected chi connectivity index (χ1v) is 4.14. The summed E-state index contributed by atoms with van der Waals surface area (Å²) in [5.41, 5.74) is 0. The zero-order valence-electron chi connectivity index (χ0n) is 6.91. The lowest BCUT2D eigenvalue weighted by Crippen LogP contribution is -2.34. The van der Waals surface area contributed by atoms with Crippen LogP contribution in [0.3, 0.4) is 0 Å². The lowest BCUT2D eigenvalue weighted by atomic mass is 10.1. The predicted octanol–water partition coefficient (Wildman–Crippen LogP) is 0.600. The average Bonchev–Trinajstić information content (AvgIpc) is 2.41. The van der Waals surface area contributed by atoms with Gasteiger partial charge in [-0.2, -0.15) is 0 Å². The van der Waals surface area contributed by atoms with Crippen molar-refractivity contribution in [2.45, 2.75) is 32.5 Å². The van der Waals surface area contributed by atoms with Crippen LogP contribution in [0.4, 0.5) is 0 Å². The molecule has 0 aliphatic carbocycles. The van der Waals surface area contributed by atoms with Crippen LogP contribution in [0.25, 0.3) is 0 Å². The molecule has 2 aliphatic heterocycles. The Labute approximate surface area is 66.3 Å². The number of ether oxygens (including phenoxy) is 1. The predicted molar refractivity (Wildman–Crippen MR) is 39.8 cm³/mol. The van der Waals surface area contributed by atoms with Crippen molar-refractivity contribution in [2.24, 2.45) is 5.92 Å². The Bertz CT molecular complexity index is 193. The fourth-order valence-corrected chi connectivity index (χ4v) is 2.01. The van der Waals surface area contributed by atoms with E-state index in [1.165, 1.54) is 0 Å². The minimum Gasteiger partial charge on any atom is -0.356 e. The number of carbonyl (C=O) groups is 1. The second kappa shape index (κ2) is 2.21. The number of rotatable bonds is 0. The third kappa shape index (κ3) is 0.872. The summed E-state index contributed by atoms with van der Waals surface area (Å²) in [6, 6.07) is 0.368. The van der Waals surface area contributed by atoms with Gasteiger partial charge in [-0.1, -0.05) is 6.92 Å². The van der Waals surface area contributed by atoms with Gasteiger partial charge < -0.3 is 9.64 Å². The van der Waals surface area contributed by atoms with Crippen LogP contribution < -0.4 is 0 Å². The van der Waals surface area contributed by atoms with Crippen molar-refractivity contribution in [3.63, 3.8) is 0 Å². The molecule has 0 unspecified atom stereocenters. The fraction of sp³-hybridized carbons (Fsp3) is 0.875. The number of hydrogen-bond acceptors (Lipinski definition) is 2. The minimum atomic E-state index is 0.0115. The van der Waals surface area contributed by atoms with E-state index in [-0.39, 0.29) is 18.1 Å². The molecular weight excluding hydrogens is 142 g/mol. The second-order valence-electron chi connectivity index (χ2n) is 3.47. The first-order chi connectivity index (χ1) is 5.20. The molecule has 2 fully saturated rings. The van der Waals surface area contributed by atoms with Crippen molar-refractivity contribution in [3.8, 4) is 0 Å². The van der Waals surface area contributed by atoms with E-state index in [1.54, 1.807) is 0 Å². The Kier molecular flexibility index (Phi) is 1.42. The third-order valence-corrected chi connectivity index (χ3v) is 2.62. The Morgan fingerprint density at radius 3 is 2.91 bits per heavy atom. The normalized spacial score (nSPS) is 43.3. The maximum absolute atomic E-state index is 11.4.